The quantitative estimate of drug-likeness (QED) is 0.389. The van der Waals surface area contributed by atoms with Crippen LogP contribution >= 0.6 is 0 Å². The minimum absolute atomic E-state index is 0.0617. The molecule has 19 heavy (non-hydrogen) atoms. The molecule has 0 radical (unpaired) electrons. The fourth-order valence-electron chi connectivity index (χ4n) is 1.95. The maximum atomic E-state index is 11.7. The molecule has 0 aliphatic heterocycles. The Morgan fingerprint density at radius 1 is 0.842 bits per heavy atom. The second-order valence-corrected chi connectivity index (χ2v) is 19.5. The molecule has 0 aromatic heterocycles. The molecule has 2 unspecified atom stereocenters. The summed E-state index contributed by atoms with van der Waals surface area (Å²) in [6.07, 6.45) is 2.65. The number of carbonyl (C=O) groups excluding carboxylic acids is 2. The Kier molecular flexibility index (Phi) is 10.6. The van der Waals surface area contributed by atoms with Crippen molar-refractivity contribution in [1.82, 2.24) is 0 Å². The van der Waals surface area contributed by atoms with Gasteiger partial charge in [0.05, 0.1) is 0 Å². The van der Waals surface area contributed by atoms with E-state index in [1.165, 1.54) is 14.2 Å². The molecule has 0 rings (SSSR count). The SMILES string of the molecule is COC(=O)[CH](CCC[CH](C(=O)OC)[Sb]([CH3])[CH3])[Sb]([CH3])[CH3]. The van der Waals surface area contributed by atoms with Crippen LogP contribution in [0, 0.1) is 0 Å². The molecule has 6 heteroatoms. The van der Waals surface area contributed by atoms with Gasteiger partial charge in [0.2, 0.25) is 0 Å². The van der Waals surface area contributed by atoms with Crippen molar-refractivity contribution in [3.05, 3.63) is 0 Å². The van der Waals surface area contributed by atoms with E-state index in [-0.39, 0.29) is 19.7 Å². The van der Waals surface area contributed by atoms with Gasteiger partial charge in [0, 0.05) is 0 Å². The van der Waals surface area contributed by atoms with E-state index in [0.717, 1.165) is 19.3 Å². The third-order valence-corrected chi connectivity index (χ3v) is 12.9. The molecule has 0 aliphatic rings. The molecule has 0 amide bonds. The van der Waals surface area contributed by atoms with Gasteiger partial charge in [-0.2, -0.15) is 0 Å². The number of carbonyl (C=O) groups is 2. The standard InChI is InChI=1S/C9H14O4.4CH3.2Sb/c1-12-8(10)6-4-3-5-7-9(11)13-2;;;;;;/h6-7H,3-5H2,1-2H3;4*1H3;;. The molecule has 0 saturated carbocycles. The summed E-state index contributed by atoms with van der Waals surface area (Å²) in [7, 11) is 2.92. The van der Waals surface area contributed by atoms with Crippen LogP contribution in [0.2, 0.25) is 27.2 Å². The Hall–Kier alpha value is 0.576. The second kappa shape index (κ2) is 10.3. The first-order valence-corrected chi connectivity index (χ1v) is 19.5. The molecule has 0 bridgehead atoms. The molecule has 0 heterocycles. The first-order valence-electron chi connectivity index (χ1n) is 6.33. The van der Waals surface area contributed by atoms with Crippen LogP contribution in [0.15, 0.2) is 0 Å². The van der Waals surface area contributed by atoms with E-state index < -0.39 is 40.4 Å². The van der Waals surface area contributed by atoms with Crippen molar-refractivity contribution in [2.45, 2.75) is 46.5 Å². The third kappa shape index (κ3) is 7.23. The molecular weight excluding hydrogens is 464 g/mol. The summed E-state index contributed by atoms with van der Waals surface area (Å²) in [5.41, 5.74) is 0. The van der Waals surface area contributed by atoms with Gasteiger partial charge < -0.3 is 0 Å². The van der Waals surface area contributed by atoms with E-state index in [1.807, 2.05) is 0 Å². The first kappa shape index (κ1) is 19.6. The predicted octanol–water partition coefficient (Wildman–Crippen LogP) is 2.75. The van der Waals surface area contributed by atoms with Crippen molar-refractivity contribution in [3.63, 3.8) is 0 Å². The molecule has 0 aromatic rings. The van der Waals surface area contributed by atoms with Gasteiger partial charge in [-0.15, -0.1) is 0 Å². The van der Waals surface area contributed by atoms with Crippen molar-refractivity contribution in [2.75, 3.05) is 14.2 Å². The Morgan fingerprint density at radius 3 is 1.37 bits per heavy atom. The number of esters is 2. The van der Waals surface area contributed by atoms with Gasteiger partial charge >= 0.3 is 132 Å². The second-order valence-electron chi connectivity index (χ2n) is 4.94. The maximum absolute atomic E-state index is 11.7. The van der Waals surface area contributed by atoms with Gasteiger partial charge in [0.1, 0.15) is 0 Å². The Labute approximate surface area is 131 Å². The van der Waals surface area contributed by atoms with Crippen molar-refractivity contribution in [1.29, 1.82) is 0 Å². The van der Waals surface area contributed by atoms with Crippen LogP contribution in [-0.2, 0) is 19.1 Å². The fraction of sp³-hybridized carbons (Fsp3) is 0.846. The van der Waals surface area contributed by atoms with Crippen molar-refractivity contribution >= 4 is 52.4 Å². The molecule has 112 valence electrons. The average molecular weight is 490 g/mol. The Bertz CT molecular complexity index is 264. The molecule has 0 N–H and O–H groups in total. The predicted molar refractivity (Wildman–Crippen MR) is 80.3 cm³/mol. The van der Waals surface area contributed by atoms with Gasteiger partial charge in [0.25, 0.3) is 0 Å². The number of hydrogen-bond donors (Lipinski definition) is 0. The number of rotatable bonds is 8. The van der Waals surface area contributed by atoms with Gasteiger partial charge in [0.15, 0.2) is 0 Å². The van der Waals surface area contributed by atoms with Crippen LogP contribution in [0.1, 0.15) is 19.3 Å². The van der Waals surface area contributed by atoms with Crippen LogP contribution in [0.5, 0.6) is 0 Å². The number of ether oxygens (including phenoxy) is 2. The molecule has 0 fully saturated rings. The van der Waals surface area contributed by atoms with Crippen LogP contribution in [0.4, 0.5) is 0 Å². The summed E-state index contributed by atoms with van der Waals surface area (Å²) in [5, 5.41) is 0. The zero-order chi connectivity index (χ0) is 15.0. The molecule has 4 nitrogen and oxygen atoms in total. The fourth-order valence-corrected chi connectivity index (χ4v) is 8.95. The van der Waals surface area contributed by atoms with E-state index >= 15 is 0 Å². The summed E-state index contributed by atoms with van der Waals surface area (Å²) in [6, 6.07) is 0. The molecule has 0 saturated heterocycles. The van der Waals surface area contributed by atoms with Crippen LogP contribution in [0.25, 0.3) is 0 Å². The van der Waals surface area contributed by atoms with Gasteiger partial charge in [-0.1, -0.05) is 0 Å². The Morgan fingerprint density at radius 2 is 1.16 bits per heavy atom. The van der Waals surface area contributed by atoms with Crippen LogP contribution in [0.3, 0.4) is 0 Å². The van der Waals surface area contributed by atoms with E-state index in [1.54, 1.807) is 0 Å². The van der Waals surface area contributed by atoms with E-state index in [4.69, 9.17) is 9.47 Å². The average Bonchev–Trinajstić information content (AvgIpc) is 2.36. The first-order chi connectivity index (χ1) is 8.84. The number of hydrogen-bond acceptors (Lipinski definition) is 4. The molecule has 0 aromatic carbocycles. The van der Waals surface area contributed by atoms with E-state index in [2.05, 4.69) is 19.5 Å². The summed E-state index contributed by atoms with van der Waals surface area (Å²) >= 11 is -2.96. The summed E-state index contributed by atoms with van der Waals surface area (Å²) in [4.78, 5) is 32.2. The van der Waals surface area contributed by atoms with Crippen LogP contribution < -0.4 is 0 Å². The Balaban J connectivity index is 4.37. The van der Waals surface area contributed by atoms with Crippen molar-refractivity contribution in [2.24, 2.45) is 0 Å². The molecular formula is C13H26O4Sb2. The van der Waals surface area contributed by atoms with Crippen molar-refractivity contribution < 1.29 is 19.1 Å². The summed E-state index contributed by atoms with van der Waals surface area (Å²) < 4.78 is 9.98. The van der Waals surface area contributed by atoms with Crippen molar-refractivity contribution in [3.8, 4) is 0 Å². The normalized spacial score (nSPS) is 14.3. The van der Waals surface area contributed by atoms with Gasteiger partial charge in [-0.3, -0.25) is 0 Å². The zero-order valence-corrected chi connectivity index (χ0v) is 17.9. The number of methoxy groups -OCH3 is 2. The topological polar surface area (TPSA) is 52.6 Å². The molecule has 0 spiro atoms. The molecule has 0 aliphatic carbocycles. The van der Waals surface area contributed by atoms with Gasteiger partial charge in [-0.05, 0) is 0 Å². The summed E-state index contributed by atoms with van der Waals surface area (Å²) in [5.74, 6) is -0.123. The van der Waals surface area contributed by atoms with E-state index in [0.29, 0.717) is 0 Å². The summed E-state index contributed by atoms with van der Waals surface area (Å²) in [6.45, 7) is 0. The zero-order valence-electron chi connectivity index (χ0n) is 12.8. The van der Waals surface area contributed by atoms with E-state index in [9.17, 15) is 9.59 Å². The molecule has 2 atom stereocenters. The van der Waals surface area contributed by atoms with Crippen LogP contribution in [-0.4, -0.2) is 66.6 Å². The minimum atomic E-state index is -1.48. The van der Waals surface area contributed by atoms with Gasteiger partial charge in [-0.25, -0.2) is 0 Å². The monoisotopic (exact) mass is 488 g/mol. The third-order valence-electron chi connectivity index (χ3n) is 3.15.